The summed E-state index contributed by atoms with van der Waals surface area (Å²) < 4.78 is 0. The summed E-state index contributed by atoms with van der Waals surface area (Å²) in [6, 6.07) is 0. The van der Waals surface area contributed by atoms with Gasteiger partial charge in [0.05, 0.1) is 0 Å². The first kappa shape index (κ1) is 15.7. The molecule has 0 radical (unpaired) electrons. The molecule has 0 heterocycles. The van der Waals surface area contributed by atoms with Crippen LogP contribution in [0.1, 0.15) is 0 Å². The Bertz CT molecular complexity index is 27.2. The molecule has 2 N–H and O–H groups in total. The van der Waals surface area contributed by atoms with Crippen molar-refractivity contribution in [2.75, 3.05) is 0 Å². The summed E-state index contributed by atoms with van der Waals surface area (Å²) >= 11 is 0. The van der Waals surface area contributed by atoms with Gasteiger partial charge in [-0.15, -0.1) is 0 Å². The van der Waals surface area contributed by atoms with Crippen LogP contribution < -0.4 is 22.0 Å². The van der Waals surface area contributed by atoms with Crippen LogP contribution in [0.3, 0.4) is 0 Å². The smallest absolute Gasteiger partial charge is 1.00 e. The van der Waals surface area contributed by atoms with E-state index in [2.05, 4.69) is 0 Å². The van der Waals surface area contributed by atoms with Gasteiger partial charge in [0, 0.05) is 0 Å². The minimum absolute atomic E-state index is 0. The van der Waals surface area contributed by atoms with Crippen molar-refractivity contribution in [3.05, 3.63) is 0 Å². The van der Waals surface area contributed by atoms with Gasteiger partial charge in [-0.1, -0.05) is 0 Å². The Kier molecular flexibility index (Phi) is 11.2. The first-order valence-corrected chi connectivity index (χ1v) is 2.57. The average Bonchev–Trinajstić information content (AvgIpc) is 0.722. The topological polar surface area (TPSA) is 86.6 Å². The molecule has 0 unspecified atom stereocenters. The second kappa shape index (κ2) is 5.02. The molecular formula is H2AlClO4Si. The maximum Gasteiger partial charge on any atom is 3.00 e. The zero-order chi connectivity index (χ0) is 4.50. The summed E-state index contributed by atoms with van der Waals surface area (Å²) in [6.45, 7) is 0. The maximum absolute atomic E-state index is 8.80. The molecule has 0 spiro atoms. The fraction of sp³-hybridized carbons (Fsp3) is 0. The summed E-state index contributed by atoms with van der Waals surface area (Å²) in [5.41, 5.74) is 0. The number of rotatable bonds is 0. The van der Waals surface area contributed by atoms with E-state index in [4.69, 9.17) is 19.2 Å². The first-order valence-electron chi connectivity index (χ1n) is 0.855. The quantitative estimate of drug-likeness (QED) is 0.341. The third kappa shape index (κ3) is 212. The number of hydrogen-bond acceptors (Lipinski definition) is 4. The van der Waals surface area contributed by atoms with Crippen molar-refractivity contribution in [1.82, 2.24) is 0 Å². The van der Waals surface area contributed by atoms with Gasteiger partial charge >= 0.3 is 17.4 Å². The molecule has 0 bridgehead atoms. The maximum atomic E-state index is 8.80. The largest absolute Gasteiger partial charge is 3.00 e. The van der Waals surface area contributed by atoms with Gasteiger partial charge in [-0.2, -0.15) is 0 Å². The van der Waals surface area contributed by atoms with E-state index in [0.717, 1.165) is 0 Å². The van der Waals surface area contributed by atoms with Crippen LogP contribution in [-0.4, -0.2) is 36.0 Å². The molecule has 0 saturated heterocycles. The molecule has 0 amide bonds. The van der Waals surface area contributed by atoms with Crippen molar-refractivity contribution < 1.29 is 31.6 Å². The van der Waals surface area contributed by atoms with E-state index >= 15 is 0 Å². The molecule has 0 aliphatic rings. The molecule has 0 aliphatic heterocycles. The number of halogens is 1. The van der Waals surface area contributed by atoms with Gasteiger partial charge in [0.15, 0.2) is 0 Å². The van der Waals surface area contributed by atoms with Crippen LogP contribution in [0.15, 0.2) is 0 Å². The van der Waals surface area contributed by atoms with Crippen LogP contribution in [0.25, 0.3) is 0 Å². The van der Waals surface area contributed by atoms with Crippen molar-refractivity contribution in [1.29, 1.82) is 0 Å². The van der Waals surface area contributed by atoms with Crippen LogP contribution in [0, 0.1) is 0 Å². The van der Waals surface area contributed by atoms with E-state index in [-0.39, 0.29) is 29.8 Å². The molecule has 40 valence electrons. The monoisotopic (exact) mass is 156 g/mol. The van der Waals surface area contributed by atoms with Crippen molar-refractivity contribution in [3.63, 3.8) is 0 Å². The minimum atomic E-state index is -5.11. The molecule has 0 atom stereocenters. The van der Waals surface area contributed by atoms with Gasteiger partial charge in [0.1, 0.15) is 9.05 Å². The summed E-state index contributed by atoms with van der Waals surface area (Å²) in [5.74, 6) is 0. The van der Waals surface area contributed by atoms with Crippen molar-refractivity contribution in [3.8, 4) is 0 Å². The average molecular weight is 157 g/mol. The van der Waals surface area contributed by atoms with Gasteiger partial charge in [0.25, 0.3) is 0 Å². The Morgan fingerprint density at radius 2 is 1.14 bits per heavy atom. The minimum Gasteiger partial charge on any atom is -1.00 e. The summed E-state index contributed by atoms with van der Waals surface area (Å²) in [6.07, 6.45) is 0. The zero-order valence-electron chi connectivity index (χ0n) is 3.17. The SMILES string of the molecule is [Al+3].[Cl-].[O-][Si]([O-])(O)O. The molecule has 0 aliphatic carbocycles. The van der Waals surface area contributed by atoms with Crippen molar-refractivity contribution in [2.45, 2.75) is 0 Å². The van der Waals surface area contributed by atoms with E-state index in [1.807, 2.05) is 0 Å². The van der Waals surface area contributed by atoms with E-state index in [1.54, 1.807) is 0 Å². The van der Waals surface area contributed by atoms with Crippen LogP contribution in [0.2, 0.25) is 0 Å². The van der Waals surface area contributed by atoms with Crippen molar-refractivity contribution >= 4 is 26.4 Å². The normalized spacial score (nSPS) is 8.57. The predicted octanol–water partition coefficient (Wildman–Crippen LogP) is -7.25. The summed E-state index contributed by atoms with van der Waals surface area (Å²) in [5, 5.41) is 0. The van der Waals surface area contributed by atoms with Crippen LogP contribution >= 0.6 is 0 Å². The summed E-state index contributed by atoms with van der Waals surface area (Å²) in [7, 11) is -5.11. The fourth-order valence-electron chi connectivity index (χ4n) is 0. The van der Waals surface area contributed by atoms with Crippen LogP contribution in [0.4, 0.5) is 0 Å². The standard InChI is InChI=1S/Al.ClH.H2O4Si/c;;1-5(2,3)4/h;1H;1-2H/q+3;;-2/p-1. The van der Waals surface area contributed by atoms with Gasteiger partial charge in [0.2, 0.25) is 0 Å². The van der Waals surface area contributed by atoms with E-state index in [0.29, 0.717) is 0 Å². The van der Waals surface area contributed by atoms with Crippen LogP contribution in [0.5, 0.6) is 0 Å². The molecule has 0 fully saturated rings. The molecule has 0 aromatic heterocycles. The van der Waals surface area contributed by atoms with E-state index < -0.39 is 9.05 Å². The van der Waals surface area contributed by atoms with Gasteiger partial charge in [-0.05, 0) is 0 Å². The third-order valence-corrected chi connectivity index (χ3v) is 0. The van der Waals surface area contributed by atoms with Gasteiger partial charge in [-0.3, -0.25) is 0 Å². The Morgan fingerprint density at radius 3 is 1.14 bits per heavy atom. The van der Waals surface area contributed by atoms with Crippen LogP contribution in [-0.2, 0) is 0 Å². The Labute approximate surface area is 58.5 Å². The molecule has 0 aromatic rings. The Morgan fingerprint density at radius 1 is 1.14 bits per heavy atom. The molecule has 7 heteroatoms. The molecule has 7 heavy (non-hydrogen) atoms. The Balaban J connectivity index is -0.0000000800. The second-order valence-corrected chi connectivity index (χ2v) is 1.65. The van der Waals surface area contributed by atoms with Crippen molar-refractivity contribution in [2.24, 2.45) is 0 Å². The molecule has 0 aromatic carbocycles. The molecule has 0 rings (SSSR count). The zero-order valence-corrected chi connectivity index (χ0v) is 6.08. The fourth-order valence-corrected chi connectivity index (χ4v) is 0. The van der Waals surface area contributed by atoms with Gasteiger partial charge < -0.3 is 31.6 Å². The molecular weight excluding hydrogens is 155 g/mol. The molecule has 4 nitrogen and oxygen atoms in total. The predicted molar refractivity (Wildman–Crippen MR) is 15.9 cm³/mol. The van der Waals surface area contributed by atoms with Gasteiger partial charge in [-0.25, -0.2) is 0 Å². The van der Waals surface area contributed by atoms with E-state index in [9.17, 15) is 0 Å². The third-order valence-electron chi connectivity index (χ3n) is 0. The Hall–Kier alpha value is 0.879. The number of hydrogen-bond donors (Lipinski definition) is 2. The second-order valence-electron chi connectivity index (χ2n) is 0.548. The summed E-state index contributed by atoms with van der Waals surface area (Å²) in [4.78, 5) is 31.8. The first-order chi connectivity index (χ1) is 2.00. The molecule has 0 saturated carbocycles. The van der Waals surface area contributed by atoms with E-state index in [1.165, 1.54) is 0 Å².